The van der Waals surface area contributed by atoms with Gasteiger partial charge in [0.15, 0.2) is 5.13 Å². The Labute approximate surface area is 150 Å². The number of anilines is 1. The molecule has 2 heterocycles. The van der Waals surface area contributed by atoms with Crippen LogP contribution in [-0.4, -0.2) is 50.0 Å². The first-order valence-corrected chi connectivity index (χ1v) is 8.82. The predicted molar refractivity (Wildman–Crippen MR) is 97.8 cm³/mol. The van der Waals surface area contributed by atoms with E-state index in [1.807, 2.05) is 31.2 Å². The first-order chi connectivity index (χ1) is 12.2. The van der Waals surface area contributed by atoms with Crippen LogP contribution < -0.4 is 15.1 Å². The van der Waals surface area contributed by atoms with E-state index in [1.165, 1.54) is 11.3 Å². The number of carbonyl (C=O) groups excluding carboxylic acids is 1. The molecule has 1 amide bonds. The highest BCUT2D eigenvalue weighted by Gasteiger charge is 2.17. The summed E-state index contributed by atoms with van der Waals surface area (Å²) in [7, 11) is 1.61. The summed E-state index contributed by atoms with van der Waals surface area (Å²) in [6.45, 7) is 4.79. The summed E-state index contributed by atoms with van der Waals surface area (Å²) in [5.74, 6) is 0.422. The largest absolute Gasteiger partial charge is 0.497 e. The van der Waals surface area contributed by atoms with Gasteiger partial charge in [-0.3, -0.25) is 4.79 Å². The standard InChI is InChI=1S/C17H20N4O3S/c1-12(13-4-3-5-14(10-13)23-2)19-20-16(22)15-11-25-17(18-15)21-6-8-24-9-7-21/h3-5,10-11H,6-9H2,1-2H3,(H,20,22)/b19-12+. The number of carbonyl (C=O) groups is 1. The summed E-state index contributed by atoms with van der Waals surface area (Å²) < 4.78 is 10.5. The highest BCUT2D eigenvalue weighted by molar-refractivity contribution is 7.13. The van der Waals surface area contributed by atoms with E-state index in [-0.39, 0.29) is 5.91 Å². The molecule has 7 nitrogen and oxygen atoms in total. The van der Waals surface area contributed by atoms with Gasteiger partial charge in [-0.1, -0.05) is 12.1 Å². The maximum Gasteiger partial charge on any atom is 0.290 e. The van der Waals surface area contributed by atoms with Crippen LogP contribution in [0, 0.1) is 0 Å². The van der Waals surface area contributed by atoms with E-state index in [4.69, 9.17) is 9.47 Å². The van der Waals surface area contributed by atoms with E-state index < -0.39 is 0 Å². The van der Waals surface area contributed by atoms with Crippen molar-refractivity contribution in [1.29, 1.82) is 0 Å². The molecule has 0 radical (unpaired) electrons. The van der Waals surface area contributed by atoms with Crippen LogP contribution in [0.5, 0.6) is 5.75 Å². The van der Waals surface area contributed by atoms with Crippen LogP contribution in [0.3, 0.4) is 0 Å². The lowest BCUT2D eigenvalue weighted by Crippen LogP contribution is -2.36. The highest BCUT2D eigenvalue weighted by atomic mass is 32.1. The average Bonchev–Trinajstić information content (AvgIpc) is 3.17. The molecular weight excluding hydrogens is 340 g/mol. The van der Waals surface area contributed by atoms with Crippen LogP contribution in [0.2, 0.25) is 0 Å². The van der Waals surface area contributed by atoms with Gasteiger partial charge in [-0.15, -0.1) is 11.3 Å². The van der Waals surface area contributed by atoms with Crippen LogP contribution in [0.25, 0.3) is 0 Å². The SMILES string of the molecule is COc1cccc(/C(C)=N/NC(=O)c2csc(N3CCOCC3)n2)c1. The van der Waals surface area contributed by atoms with E-state index >= 15 is 0 Å². The fourth-order valence-corrected chi connectivity index (χ4v) is 3.23. The first kappa shape index (κ1) is 17.4. The lowest BCUT2D eigenvalue weighted by molar-refractivity contribution is 0.0950. The topological polar surface area (TPSA) is 76.0 Å². The number of rotatable bonds is 5. The molecule has 132 valence electrons. The molecule has 1 aromatic carbocycles. The number of amides is 1. The third kappa shape index (κ3) is 4.34. The smallest absolute Gasteiger partial charge is 0.290 e. The van der Waals surface area contributed by atoms with Gasteiger partial charge in [-0.25, -0.2) is 10.4 Å². The van der Waals surface area contributed by atoms with Crippen LogP contribution in [-0.2, 0) is 4.74 Å². The summed E-state index contributed by atoms with van der Waals surface area (Å²) in [5.41, 5.74) is 4.50. The Bertz CT molecular complexity index is 769. The average molecular weight is 360 g/mol. The van der Waals surface area contributed by atoms with Crippen molar-refractivity contribution in [1.82, 2.24) is 10.4 Å². The molecule has 3 rings (SSSR count). The second-order valence-corrected chi connectivity index (χ2v) is 6.32. The van der Waals surface area contributed by atoms with Crippen molar-refractivity contribution in [3.8, 4) is 5.75 Å². The van der Waals surface area contributed by atoms with E-state index in [0.29, 0.717) is 24.6 Å². The molecule has 1 aliphatic heterocycles. The highest BCUT2D eigenvalue weighted by Crippen LogP contribution is 2.21. The number of nitrogens with one attached hydrogen (secondary N) is 1. The number of aromatic nitrogens is 1. The maximum atomic E-state index is 12.3. The monoisotopic (exact) mass is 360 g/mol. The van der Waals surface area contributed by atoms with Gasteiger partial charge in [-0.05, 0) is 19.1 Å². The normalized spacial score (nSPS) is 15.1. The number of methoxy groups -OCH3 is 1. The molecule has 0 spiro atoms. The Hall–Kier alpha value is -2.45. The Balaban J connectivity index is 1.64. The van der Waals surface area contributed by atoms with Gasteiger partial charge in [0.05, 0.1) is 26.0 Å². The molecule has 0 bridgehead atoms. The fourth-order valence-electron chi connectivity index (χ4n) is 2.37. The maximum absolute atomic E-state index is 12.3. The molecule has 2 aromatic rings. The third-order valence-electron chi connectivity index (χ3n) is 3.82. The summed E-state index contributed by atoms with van der Waals surface area (Å²) >= 11 is 1.45. The minimum atomic E-state index is -0.321. The van der Waals surface area contributed by atoms with Crippen LogP contribution in [0.15, 0.2) is 34.7 Å². The quantitative estimate of drug-likeness (QED) is 0.653. The zero-order chi connectivity index (χ0) is 17.6. The Morgan fingerprint density at radius 2 is 2.20 bits per heavy atom. The zero-order valence-electron chi connectivity index (χ0n) is 14.2. The lowest BCUT2D eigenvalue weighted by Gasteiger charge is -2.25. The lowest BCUT2D eigenvalue weighted by atomic mass is 10.1. The van der Waals surface area contributed by atoms with Gasteiger partial charge in [-0.2, -0.15) is 5.10 Å². The molecule has 8 heteroatoms. The van der Waals surface area contributed by atoms with E-state index in [2.05, 4.69) is 20.4 Å². The number of benzene rings is 1. The number of hydrogen-bond acceptors (Lipinski definition) is 7. The molecule has 0 aliphatic carbocycles. The van der Waals surface area contributed by atoms with Crippen molar-refractivity contribution in [2.75, 3.05) is 38.3 Å². The van der Waals surface area contributed by atoms with Gasteiger partial charge < -0.3 is 14.4 Å². The van der Waals surface area contributed by atoms with Crippen LogP contribution in [0.1, 0.15) is 23.0 Å². The molecule has 1 aliphatic rings. The van der Waals surface area contributed by atoms with Crippen molar-refractivity contribution in [3.05, 3.63) is 40.9 Å². The first-order valence-electron chi connectivity index (χ1n) is 7.94. The van der Waals surface area contributed by atoms with Gasteiger partial charge >= 0.3 is 0 Å². The number of ether oxygens (including phenoxy) is 2. The summed E-state index contributed by atoms with van der Waals surface area (Å²) in [5, 5.41) is 6.74. The van der Waals surface area contributed by atoms with E-state index in [0.717, 1.165) is 29.5 Å². The van der Waals surface area contributed by atoms with Crippen molar-refractivity contribution in [3.63, 3.8) is 0 Å². The number of hydrazone groups is 1. The minimum absolute atomic E-state index is 0.321. The van der Waals surface area contributed by atoms with E-state index in [1.54, 1.807) is 12.5 Å². The number of morpholine rings is 1. The van der Waals surface area contributed by atoms with Gasteiger partial charge in [0.25, 0.3) is 5.91 Å². The second kappa shape index (κ2) is 8.09. The predicted octanol–water partition coefficient (Wildman–Crippen LogP) is 2.14. The zero-order valence-corrected chi connectivity index (χ0v) is 15.0. The van der Waals surface area contributed by atoms with Crippen LogP contribution >= 0.6 is 11.3 Å². The Kier molecular flexibility index (Phi) is 5.62. The van der Waals surface area contributed by atoms with Crippen molar-refractivity contribution < 1.29 is 14.3 Å². The third-order valence-corrected chi connectivity index (χ3v) is 4.72. The second-order valence-electron chi connectivity index (χ2n) is 5.48. The summed E-state index contributed by atoms with van der Waals surface area (Å²) in [6.07, 6.45) is 0. The number of thiazole rings is 1. The van der Waals surface area contributed by atoms with Crippen molar-refractivity contribution in [2.45, 2.75) is 6.92 Å². The molecule has 25 heavy (non-hydrogen) atoms. The number of hydrogen-bond donors (Lipinski definition) is 1. The molecule has 0 atom stereocenters. The minimum Gasteiger partial charge on any atom is -0.497 e. The Morgan fingerprint density at radius 3 is 2.96 bits per heavy atom. The summed E-state index contributed by atoms with van der Waals surface area (Å²) in [4.78, 5) is 18.8. The number of nitrogens with zero attached hydrogens (tertiary/aromatic N) is 3. The van der Waals surface area contributed by atoms with Gasteiger partial charge in [0.1, 0.15) is 11.4 Å². The molecule has 0 saturated carbocycles. The van der Waals surface area contributed by atoms with Crippen LogP contribution in [0.4, 0.5) is 5.13 Å². The molecule has 1 aromatic heterocycles. The van der Waals surface area contributed by atoms with E-state index in [9.17, 15) is 4.79 Å². The molecule has 1 fully saturated rings. The Morgan fingerprint density at radius 1 is 1.40 bits per heavy atom. The molecule has 1 saturated heterocycles. The van der Waals surface area contributed by atoms with Gasteiger partial charge in [0.2, 0.25) is 0 Å². The molecule has 0 unspecified atom stereocenters. The van der Waals surface area contributed by atoms with Crippen molar-refractivity contribution in [2.24, 2.45) is 5.10 Å². The molecule has 1 N–H and O–H groups in total. The van der Waals surface area contributed by atoms with Gasteiger partial charge in [0, 0.05) is 24.0 Å². The van der Waals surface area contributed by atoms with Crippen molar-refractivity contribution >= 4 is 28.1 Å². The summed E-state index contributed by atoms with van der Waals surface area (Å²) in [6, 6.07) is 7.51. The fraction of sp³-hybridized carbons (Fsp3) is 0.353. The molecular formula is C17H20N4O3S.